The first-order valence-electron chi connectivity index (χ1n) is 8.50. The quantitative estimate of drug-likeness (QED) is 0.866. The maximum Gasteiger partial charge on any atom is 0.0843 e. The number of hydrogen-bond acceptors (Lipinski definition) is 3. The van der Waals surface area contributed by atoms with E-state index in [1.807, 2.05) is 0 Å². The van der Waals surface area contributed by atoms with E-state index in [0.29, 0.717) is 19.1 Å². The van der Waals surface area contributed by atoms with Gasteiger partial charge in [-0.2, -0.15) is 0 Å². The minimum atomic E-state index is -0.406. The third-order valence-corrected chi connectivity index (χ3v) is 4.38. The second-order valence-corrected chi connectivity index (χ2v) is 6.58. The zero-order valence-electron chi connectivity index (χ0n) is 14.4. The summed E-state index contributed by atoms with van der Waals surface area (Å²) in [4.78, 5) is 2.28. The van der Waals surface area contributed by atoms with E-state index in [1.165, 1.54) is 22.5 Å². The van der Waals surface area contributed by atoms with Gasteiger partial charge in [-0.05, 0) is 36.1 Å². The van der Waals surface area contributed by atoms with Crippen LogP contribution < -0.4 is 10.2 Å². The van der Waals surface area contributed by atoms with E-state index in [0.717, 1.165) is 12.8 Å². The highest BCUT2D eigenvalue weighted by Crippen LogP contribution is 2.35. The van der Waals surface area contributed by atoms with Crippen molar-refractivity contribution in [3.63, 3.8) is 0 Å². The summed E-state index contributed by atoms with van der Waals surface area (Å²) in [5.74, 6) is 0. The number of aliphatic hydroxyl groups is 1. The fraction of sp³-hybridized carbons (Fsp3) is 0.400. The topological polar surface area (TPSA) is 35.5 Å². The molecule has 0 fully saturated rings. The summed E-state index contributed by atoms with van der Waals surface area (Å²) in [7, 11) is 0. The number of fused-ring (bicyclic) bond motifs is 2. The highest BCUT2D eigenvalue weighted by molar-refractivity contribution is 5.85. The van der Waals surface area contributed by atoms with Crippen LogP contribution in [0.4, 0.5) is 11.4 Å². The first-order valence-corrected chi connectivity index (χ1v) is 8.50. The van der Waals surface area contributed by atoms with Crippen LogP contribution in [0.15, 0.2) is 48.5 Å². The average molecular weight is 347 g/mol. The predicted molar refractivity (Wildman–Crippen MR) is 104 cm³/mol. The molecule has 24 heavy (non-hydrogen) atoms. The van der Waals surface area contributed by atoms with Crippen molar-refractivity contribution in [2.75, 3.05) is 18.0 Å². The van der Waals surface area contributed by atoms with Gasteiger partial charge in [-0.25, -0.2) is 0 Å². The standard InChI is InChI=1S/C20H26N2O.ClH/c1-15(2)21-13-18(23)14-22-19-9-5-3-7-16(19)11-12-17-8-4-6-10-20(17)22;/h3-10,15,18,21,23H,11-14H2,1-2H3;1H/t18-;/m0./s1. The Labute approximate surface area is 151 Å². The number of benzene rings is 2. The molecule has 4 heteroatoms. The number of rotatable bonds is 5. The highest BCUT2D eigenvalue weighted by atomic mass is 35.5. The van der Waals surface area contributed by atoms with Crippen molar-refractivity contribution in [2.45, 2.75) is 38.8 Å². The Morgan fingerprint density at radius 1 is 0.958 bits per heavy atom. The lowest BCUT2D eigenvalue weighted by Crippen LogP contribution is -2.39. The van der Waals surface area contributed by atoms with Crippen LogP contribution in [0.5, 0.6) is 0 Å². The van der Waals surface area contributed by atoms with Gasteiger partial charge in [-0.1, -0.05) is 50.2 Å². The molecule has 1 aliphatic rings. The van der Waals surface area contributed by atoms with Gasteiger partial charge in [0.25, 0.3) is 0 Å². The lowest BCUT2D eigenvalue weighted by molar-refractivity contribution is 0.176. The van der Waals surface area contributed by atoms with E-state index in [2.05, 4.69) is 72.6 Å². The van der Waals surface area contributed by atoms with Crippen LogP contribution in [-0.4, -0.2) is 30.3 Å². The molecule has 0 amide bonds. The molecule has 0 saturated heterocycles. The number of hydrogen-bond donors (Lipinski definition) is 2. The molecule has 1 aliphatic heterocycles. The van der Waals surface area contributed by atoms with Gasteiger partial charge in [-0.3, -0.25) is 0 Å². The van der Waals surface area contributed by atoms with Crippen molar-refractivity contribution in [3.05, 3.63) is 59.7 Å². The molecule has 2 N–H and O–H groups in total. The summed E-state index contributed by atoms with van der Waals surface area (Å²) in [6.45, 7) is 5.42. The van der Waals surface area contributed by atoms with Gasteiger partial charge in [0.2, 0.25) is 0 Å². The monoisotopic (exact) mass is 346 g/mol. The third-order valence-electron chi connectivity index (χ3n) is 4.38. The third kappa shape index (κ3) is 4.29. The Morgan fingerprint density at radius 3 is 1.96 bits per heavy atom. The smallest absolute Gasteiger partial charge is 0.0843 e. The van der Waals surface area contributed by atoms with Crippen molar-refractivity contribution < 1.29 is 5.11 Å². The van der Waals surface area contributed by atoms with E-state index in [9.17, 15) is 5.11 Å². The van der Waals surface area contributed by atoms with E-state index < -0.39 is 6.10 Å². The molecule has 1 heterocycles. The predicted octanol–water partition coefficient (Wildman–Crippen LogP) is 3.70. The second kappa shape index (κ2) is 8.52. The Hall–Kier alpha value is -1.55. The van der Waals surface area contributed by atoms with E-state index in [4.69, 9.17) is 0 Å². The number of aliphatic hydroxyl groups excluding tert-OH is 1. The number of nitrogens with one attached hydrogen (secondary N) is 1. The number of para-hydroxylation sites is 2. The molecule has 0 saturated carbocycles. The first-order chi connectivity index (χ1) is 11.1. The summed E-state index contributed by atoms with van der Waals surface area (Å²) in [6.07, 6.45) is 1.69. The molecule has 0 spiro atoms. The molecule has 0 unspecified atom stereocenters. The molecule has 0 aliphatic carbocycles. The Kier molecular flexibility index (Phi) is 6.67. The van der Waals surface area contributed by atoms with Gasteiger partial charge >= 0.3 is 0 Å². The van der Waals surface area contributed by atoms with Crippen LogP contribution in [0, 0.1) is 0 Å². The van der Waals surface area contributed by atoms with Crippen LogP contribution in [0.3, 0.4) is 0 Å². The molecular formula is C20H27ClN2O. The van der Waals surface area contributed by atoms with E-state index in [1.54, 1.807) is 0 Å². The fourth-order valence-corrected chi connectivity index (χ4v) is 3.21. The zero-order valence-corrected chi connectivity index (χ0v) is 15.2. The molecule has 130 valence electrons. The summed E-state index contributed by atoms with van der Waals surface area (Å²) in [6, 6.07) is 17.5. The van der Waals surface area contributed by atoms with Gasteiger partial charge in [-0.15, -0.1) is 12.4 Å². The van der Waals surface area contributed by atoms with Crippen molar-refractivity contribution in [2.24, 2.45) is 0 Å². The van der Waals surface area contributed by atoms with Crippen molar-refractivity contribution in [1.82, 2.24) is 5.32 Å². The van der Waals surface area contributed by atoms with Crippen LogP contribution in [0.1, 0.15) is 25.0 Å². The van der Waals surface area contributed by atoms with Crippen molar-refractivity contribution in [1.29, 1.82) is 0 Å². The maximum absolute atomic E-state index is 10.5. The summed E-state index contributed by atoms with van der Waals surface area (Å²) < 4.78 is 0. The number of anilines is 2. The molecule has 3 nitrogen and oxygen atoms in total. The maximum atomic E-state index is 10.5. The molecular weight excluding hydrogens is 320 g/mol. The average Bonchev–Trinajstić information content (AvgIpc) is 2.71. The SMILES string of the molecule is CC(C)NC[C@H](O)CN1c2ccccc2CCc2ccccc21.Cl. The molecule has 2 aromatic rings. The zero-order chi connectivity index (χ0) is 16.2. The normalized spacial score (nSPS) is 14.4. The number of halogens is 1. The number of aryl methyl sites for hydroxylation is 2. The molecule has 3 rings (SSSR count). The van der Waals surface area contributed by atoms with Gasteiger partial charge < -0.3 is 15.3 Å². The molecule has 1 atom stereocenters. The van der Waals surface area contributed by atoms with Crippen molar-refractivity contribution >= 4 is 23.8 Å². The highest BCUT2D eigenvalue weighted by Gasteiger charge is 2.22. The molecule has 0 bridgehead atoms. The lowest BCUT2D eigenvalue weighted by atomic mass is 10.0. The lowest BCUT2D eigenvalue weighted by Gasteiger charge is -2.29. The fourth-order valence-electron chi connectivity index (χ4n) is 3.21. The Morgan fingerprint density at radius 2 is 1.46 bits per heavy atom. The summed E-state index contributed by atoms with van der Waals surface area (Å²) in [5.41, 5.74) is 5.16. The van der Waals surface area contributed by atoms with E-state index >= 15 is 0 Å². The largest absolute Gasteiger partial charge is 0.390 e. The Balaban J connectivity index is 0.00000208. The number of β-amino-alcohol motifs (C(OH)–C–C–N with tert-alkyl or cyclic N) is 1. The summed E-state index contributed by atoms with van der Waals surface area (Å²) in [5, 5.41) is 13.8. The van der Waals surface area contributed by atoms with Crippen LogP contribution in [-0.2, 0) is 12.8 Å². The minimum absolute atomic E-state index is 0. The molecule has 0 aromatic heterocycles. The number of nitrogens with zero attached hydrogens (tertiary/aromatic N) is 1. The van der Waals surface area contributed by atoms with Crippen LogP contribution in [0.2, 0.25) is 0 Å². The van der Waals surface area contributed by atoms with Crippen LogP contribution in [0.25, 0.3) is 0 Å². The van der Waals surface area contributed by atoms with Gasteiger partial charge in [0.05, 0.1) is 12.6 Å². The Bertz CT molecular complexity index is 612. The molecule has 0 radical (unpaired) electrons. The summed E-state index contributed by atoms with van der Waals surface area (Å²) >= 11 is 0. The van der Waals surface area contributed by atoms with Gasteiger partial charge in [0.1, 0.15) is 0 Å². The first kappa shape index (κ1) is 18.8. The van der Waals surface area contributed by atoms with E-state index in [-0.39, 0.29) is 12.4 Å². The van der Waals surface area contributed by atoms with Gasteiger partial charge in [0.15, 0.2) is 0 Å². The van der Waals surface area contributed by atoms with Crippen LogP contribution >= 0.6 is 12.4 Å². The second-order valence-electron chi connectivity index (χ2n) is 6.58. The van der Waals surface area contributed by atoms with Gasteiger partial charge in [0, 0.05) is 24.0 Å². The minimum Gasteiger partial charge on any atom is -0.390 e. The van der Waals surface area contributed by atoms with Crippen molar-refractivity contribution in [3.8, 4) is 0 Å². The molecule has 2 aromatic carbocycles.